The van der Waals surface area contributed by atoms with Gasteiger partial charge < -0.3 is 25.3 Å². The number of hydrogen-bond donors (Lipinski definition) is 3. The summed E-state index contributed by atoms with van der Waals surface area (Å²) in [5.41, 5.74) is 1.02. The molecular weight excluding hydrogens is 506 g/mol. The Morgan fingerprint density at radius 1 is 1.03 bits per heavy atom. The Hall–Kier alpha value is -4.93. The van der Waals surface area contributed by atoms with E-state index in [9.17, 15) is 14.0 Å². The molecule has 1 saturated carbocycles. The van der Waals surface area contributed by atoms with E-state index in [2.05, 4.69) is 20.6 Å². The first-order valence-corrected chi connectivity index (χ1v) is 12.1. The third-order valence-corrected chi connectivity index (χ3v) is 6.36. The molecule has 0 saturated heterocycles. The molecule has 2 aromatic heterocycles. The number of aromatic nitrogens is 3. The zero-order valence-corrected chi connectivity index (χ0v) is 20.9. The van der Waals surface area contributed by atoms with Crippen molar-refractivity contribution in [3.63, 3.8) is 0 Å². The summed E-state index contributed by atoms with van der Waals surface area (Å²) in [6.45, 7) is 0. The van der Waals surface area contributed by atoms with E-state index < -0.39 is 28.9 Å². The maximum Gasteiger partial charge on any atom is 0.240 e. The number of hydrogen-bond acceptors (Lipinski definition) is 6. The van der Waals surface area contributed by atoms with E-state index in [4.69, 9.17) is 10.1 Å². The molecule has 0 radical (unpaired) electrons. The van der Waals surface area contributed by atoms with Crippen molar-refractivity contribution in [1.29, 1.82) is 5.41 Å². The van der Waals surface area contributed by atoms with E-state index in [1.807, 2.05) is 13.2 Å². The van der Waals surface area contributed by atoms with Crippen LogP contribution >= 0.6 is 0 Å². The Morgan fingerprint density at radius 2 is 1.72 bits per heavy atom. The lowest BCUT2D eigenvalue weighted by Gasteiger charge is -2.16. The molecule has 1 aliphatic rings. The first kappa shape index (κ1) is 25.7. The van der Waals surface area contributed by atoms with Crippen LogP contribution < -0.4 is 15.4 Å². The normalized spacial score (nSPS) is 13.4. The third kappa shape index (κ3) is 5.52. The molecule has 2 heterocycles. The van der Waals surface area contributed by atoms with Crippen LogP contribution in [-0.4, -0.2) is 32.6 Å². The molecular formula is C28H24F2N6O3. The van der Waals surface area contributed by atoms with E-state index in [-0.39, 0.29) is 23.6 Å². The fourth-order valence-electron chi connectivity index (χ4n) is 4.01. The van der Waals surface area contributed by atoms with Crippen molar-refractivity contribution < 1.29 is 23.1 Å². The lowest BCUT2D eigenvalue weighted by atomic mass is 10.0. The number of aryl methyl sites for hydroxylation is 1. The molecule has 5 rings (SSSR count). The second-order valence-electron chi connectivity index (χ2n) is 9.25. The van der Waals surface area contributed by atoms with Gasteiger partial charge >= 0.3 is 0 Å². The van der Waals surface area contributed by atoms with Gasteiger partial charge in [-0.05, 0) is 55.3 Å². The highest BCUT2D eigenvalue weighted by Crippen LogP contribution is 2.47. The zero-order chi connectivity index (χ0) is 27.6. The Balaban J connectivity index is 1.30. The Labute approximate surface area is 222 Å². The minimum absolute atomic E-state index is 0.102. The maximum atomic E-state index is 15.1. The van der Waals surface area contributed by atoms with Gasteiger partial charge in [0.05, 0.1) is 17.7 Å². The molecule has 0 bridgehead atoms. The molecule has 11 heteroatoms. The number of anilines is 2. The number of amides is 2. The quantitative estimate of drug-likeness (QED) is 0.205. The molecule has 0 aliphatic heterocycles. The topological polar surface area (TPSA) is 122 Å². The number of carbonyl (C=O) groups excluding carboxylic acids is 2. The van der Waals surface area contributed by atoms with Gasteiger partial charge in [0, 0.05) is 55.1 Å². The molecule has 0 unspecified atom stereocenters. The zero-order valence-electron chi connectivity index (χ0n) is 20.9. The first-order valence-electron chi connectivity index (χ1n) is 12.1. The van der Waals surface area contributed by atoms with Crippen LogP contribution in [-0.2, 0) is 23.1 Å². The third-order valence-electron chi connectivity index (χ3n) is 6.36. The molecule has 0 spiro atoms. The summed E-state index contributed by atoms with van der Waals surface area (Å²) in [4.78, 5) is 34.4. The largest absolute Gasteiger partial charge is 0.452 e. The second-order valence-corrected chi connectivity index (χ2v) is 9.25. The van der Waals surface area contributed by atoms with Crippen LogP contribution in [0.4, 0.5) is 20.2 Å². The highest BCUT2D eigenvalue weighted by Gasteiger charge is 2.56. The number of rotatable bonds is 9. The van der Waals surface area contributed by atoms with Crippen molar-refractivity contribution in [3.8, 4) is 22.8 Å². The molecule has 0 atom stereocenters. The van der Waals surface area contributed by atoms with Crippen LogP contribution in [0.15, 0.2) is 67.3 Å². The van der Waals surface area contributed by atoms with Gasteiger partial charge in [0.15, 0.2) is 11.6 Å². The standard InChI is InChI=1S/C28H24F2N6O3/c1-36-15-23(33-16-36)17-12-25(22(8-11-31)32-14-17)39-24-7-6-20(13-21(24)30)35-27(38)28(9-10-28)26(37)34-19-4-2-18(29)3-5-19/h2-7,11-16,31H,8-10H2,1H3,(H,34,37)(H,35,38). The summed E-state index contributed by atoms with van der Waals surface area (Å²) in [5, 5.41) is 12.7. The molecule has 2 amide bonds. The van der Waals surface area contributed by atoms with Crippen LogP contribution in [0.5, 0.6) is 11.5 Å². The molecule has 1 fully saturated rings. The first-order chi connectivity index (χ1) is 18.8. The number of halogens is 2. The van der Waals surface area contributed by atoms with Crippen LogP contribution in [0.2, 0.25) is 0 Å². The van der Waals surface area contributed by atoms with Crippen molar-refractivity contribution >= 4 is 29.4 Å². The molecule has 4 aromatic rings. The summed E-state index contributed by atoms with van der Waals surface area (Å²) in [6.07, 6.45) is 7.10. The minimum Gasteiger partial charge on any atom is -0.452 e. The van der Waals surface area contributed by atoms with Crippen molar-refractivity contribution in [2.24, 2.45) is 12.5 Å². The predicted octanol–water partition coefficient (Wildman–Crippen LogP) is 5.10. The highest BCUT2D eigenvalue weighted by molar-refractivity contribution is 6.16. The average molecular weight is 531 g/mol. The Kier molecular flexibility index (Phi) is 6.88. The van der Waals surface area contributed by atoms with Gasteiger partial charge in [-0.25, -0.2) is 13.8 Å². The highest BCUT2D eigenvalue weighted by atomic mass is 19.1. The van der Waals surface area contributed by atoms with Crippen LogP contribution in [0.25, 0.3) is 11.3 Å². The summed E-state index contributed by atoms with van der Waals surface area (Å²) in [6, 6.07) is 10.9. The monoisotopic (exact) mass is 530 g/mol. The summed E-state index contributed by atoms with van der Waals surface area (Å²) < 4.78 is 35.8. The lowest BCUT2D eigenvalue weighted by molar-refractivity contribution is -0.131. The van der Waals surface area contributed by atoms with Crippen molar-refractivity contribution in [2.75, 3.05) is 10.6 Å². The predicted molar refractivity (Wildman–Crippen MR) is 141 cm³/mol. The molecule has 39 heavy (non-hydrogen) atoms. The summed E-state index contributed by atoms with van der Waals surface area (Å²) in [5.74, 6) is -2.08. The van der Waals surface area contributed by atoms with E-state index in [1.54, 1.807) is 23.2 Å². The molecule has 2 aromatic carbocycles. The lowest BCUT2D eigenvalue weighted by Crippen LogP contribution is -2.35. The van der Waals surface area contributed by atoms with Crippen LogP contribution in [0, 0.1) is 22.5 Å². The molecule has 3 N–H and O–H groups in total. The fraction of sp³-hybridized carbons (Fsp3) is 0.179. The van der Waals surface area contributed by atoms with Crippen molar-refractivity contribution in [2.45, 2.75) is 19.3 Å². The number of nitrogens with one attached hydrogen (secondary N) is 3. The van der Waals surface area contributed by atoms with Gasteiger partial charge in [0.1, 0.15) is 17.0 Å². The van der Waals surface area contributed by atoms with Gasteiger partial charge in [-0.3, -0.25) is 14.6 Å². The van der Waals surface area contributed by atoms with E-state index in [0.29, 0.717) is 35.5 Å². The number of nitrogens with zero attached hydrogens (tertiary/aromatic N) is 3. The Morgan fingerprint density at radius 3 is 2.33 bits per heavy atom. The molecule has 9 nitrogen and oxygen atoms in total. The summed E-state index contributed by atoms with van der Waals surface area (Å²) in [7, 11) is 1.84. The second kappa shape index (κ2) is 10.4. The van der Waals surface area contributed by atoms with E-state index in [1.165, 1.54) is 42.6 Å². The van der Waals surface area contributed by atoms with Gasteiger partial charge in [-0.1, -0.05) is 0 Å². The summed E-state index contributed by atoms with van der Waals surface area (Å²) >= 11 is 0. The van der Waals surface area contributed by atoms with Crippen molar-refractivity contribution in [3.05, 3.63) is 84.6 Å². The maximum absolute atomic E-state index is 15.1. The van der Waals surface area contributed by atoms with Gasteiger partial charge in [0.2, 0.25) is 11.8 Å². The average Bonchev–Trinajstić information content (AvgIpc) is 3.63. The van der Waals surface area contributed by atoms with Gasteiger partial charge in [-0.15, -0.1) is 0 Å². The fourth-order valence-corrected chi connectivity index (χ4v) is 4.01. The van der Waals surface area contributed by atoms with Gasteiger partial charge in [0.25, 0.3) is 0 Å². The molecule has 1 aliphatic carbocycles. The number of imidazole rings is 1. The van der Waals surface area contributed by atoms with E-state index >= 15 is 4.39 Å². The smallest absolute Gasteiger partial charge is 0.240 e. The van der Waals surface area contributed by atoms with Gasteiger partial charge in [-0.2, -0.15) is 0 Å². The molecule has 198 valence electrons. The minimum atomic E-state index is -1.28. The number of pyridine rings is 1. The number of benzene rings is 2. The number of ether oxygens (including phenoxy) is 1. The Bertz CT molecular complexity index is 1560. The van der Waals surface area contributed by atoms with Crippen LogP contribution in [0.1, 0.15) is 18.5 Å². The van der Waals surface area contributed by atoms with Crippen molar-refractivity contribution in [1.82, 2.24) is 14.5 Å². The SMILES string of the molecule is Cn1cnc(-c2cnc(CC=N)c(Oc3ccc(NC(=O)C4(C(=O)Nc5ccc(F)cc5)CC4)cc3F)c2)c1. The van der Waals surface area contributed by atoms with Crippen LogP contribution in [0.3, 0.4) is 0 Å². The van der Waals surface area contributed by atoms with E-state index in [0.717, 1.165) is 6.07 Å². The number of carbonyl (C=O) groups is 2.